The molecule has 0 aliphatic rings. The average molecular weight is 540 g/mol. The highest BCUT2D eigenvalue weighted by atomic mass is 16.6. The molecule has 212 valence electrons. The van der Waals surface area contributed by atoms with Crippen molar-refractivity contribution >= 4 is 35.6 Å². The molecule has 0 heterocycles. The maximum atomic E-state index is 13.1. The van der Waals surface area contributed by atoms with Gasteiger partial charge in [-0.1, -0.05) is 0 Å². The van der Waals surface area contributed by atoms with Crippen LogP contribution in [0.1, 0.15) is 34.6 Å². The fourth-order valence-corrected chi connectivity index (χ4v) is 3.21. The number of carbonyl (C=O) groups is 6. The third kappa shape index (κ3) is 5.42. The smallest absolute Gasteiger partial charge is 0.378 e. The molecule has 0 rings (SSSR count). The number of hydrogen-bond donors (Lipinski definition) is 5. The van der Waals surface area contributed by atoms with Crippen molar-refractivity contribution in [3.05, 3.63) is 0 Å². The molecule has 0 amide bonds. The van der Waals surface area contributed by atoms with E-state index in [-0.39, 0.29) is 0 Å². The van der Waals surface area contributed by atoms with Gasteiger partial charge in [-0.2, -0.15) is 0 Å². The Morgan fingerprint density at radius 2 is 0.892 bits per heavy atom. The van der Waals surface area contributed by atoms with E-state index in [1.807, 2.05) is 0 Å². The molecule has 5 N–H and O–H groups in total. The molecule has 0 unspecified atom stereocenters. The summed E-state index contributed by atoms with van der Waals surface area (Å²) >= 11 is 0. The lowest BCUT2D eigenvalue weighted by molar-refractivity contribution is -0.292. The number of rotatable bonds is 15. The zero-order chi connectivity index (χ0) is 29.2. The number of carbonyl (C=O) groups excluding carboxylic acids is 6. The van der Waals surface area contributed by atoms with E-state index >= 15 is 0 Å². The van der Waals surface area contributed by atoms with Crippen molar-refractivity contribution in [1.82, 2.24) is 0 Å². The highest BCUT2D eigenvalue weighted by Gasteiger charge is 2.85. The summed E-state index contributed by atoms with van der Waals surface area (Å²) in [4.78, 5) is 77.2. The quantitative estimate of drug-likeness (QED) is 0.0579. The van der Waals surface area contributed by atoms with Gasteiger partial charge in [0.1, 0.15) is 0 Å². The Morgan fingerprint density at radius 1 is 0.541 bits per heavy atom. The van der Waals surface area contributed by atoms with Crippen LogP contribution in [0, 0.1) is 0 Å². The van der Waals surface area contributed by atoms with Crippen molar-refractivity contribution in [2.24, 2.45) is 0 Å². The first-order valence-corrected chi connectivity index (χ1v) is 11.0. The number of esters is 5. The molecule has 37 heavy (non-hydrogen) atoms. The Bertz CT molecular complexity index is 886. The second kappa shape index (κ2) is 13.4. The van der Waals surface area contributed by atoms with Crippen LogP contribution in [0.5, 0.6) is 0 Å². The van der Waals surface area contributed by atoms with Crippen LogP contribution in [0.25, 0.3) is 0 Å². The molecule has 0 saturated carbocycles. The summed E-state index contributed by atoms with van der Waals surface area (Å²) in [6.07, 6.45) is 0. The van der Waals surface area contributed by atoms with Gasteiger partial charge in [-0.3, -0.25) is 4.79 Å². The third-order valence-electron chi connectivity index (χ3n) is 4.99. The Kier molecular flexibility index (Phi) is 12.2. The maximum Gasteiger partial charge on any atom is 0.378 e. The van der Waals surface area contributed by atoms with Crippen molar-refractivity contribution in [3.63, 3.8) is 0 Å². The molecule has 0 fully saturated rings. The summed E-state index contributed by atoms with van der Waals surface area (Å²) in [5, 5.41) is 55.5. The van der Waals surface area contributed by atoms with Crippen molar-refractivity contribution in [3.8, 4) is 0 Å². The number of aliphatic hydroxyl groups excluding tert-OH is 1. The third-order valence-corrected chi connectivity index (χ3v) is 4.99. The molecule has 0 spiro atoms. The molecule has 0 bridgehead atoms. The number of Topliss-reactive ketones (excluding diaryl/α,β-unsaturated/α-hetero) is 1. The predicted molar refractivity (Wildman–Crippen MR) is 115 cm³/mol. The Balaban J connectivity index is 8.13. The molecule has 0 saturated heterocycles. The summed E-state index contributed by atoms with van der Waals surface area (Å²) in [6.45, 7) is 0.407. The summed E-state index contributed by atoms with van der Waals surface area (Å²) < 4.78 is 22.5. The van der Waals surface area contributed by atoms with E-state index < -0.39 is 97.7 Å². The lowest BCUT2D eigenvalue weighted by atomic mass is 9.61. The van der Waals surface area contributed by atoms with Gasteiger partial charge in [0.15, 0.2) is 0 Å². The highest BCUT2D eigenvalue weighted by Crippen LogP contribution is 2.44. The minimum absolute atomic E-state index is 0.549. The number of hydrogen-bond acceptors (Lipinski definition) is 16. The van der Waals surface area contributed by atoms with Crippen molar-refractivity contribution in [1.29, 1.82) is 0 Å². The van der Waals surface area contributed by atoms with Gasteiger partial charge in [0, 0.05) is 0 Å². The molecule has 4 atom stereocenters. The van der Waals surface area contributed by atoms with Crippen LogP contribution in [0.15, 0.2) is 0 Å². The molecular formula is C21H32O16. The van der Waals surface area contributed by atoms with Crippen LogP contribution >= 0.6 is 0 Å². The van der Waals surface area contributed by atoms with Gasteiger partial charge < -0.3 is 49.2 Å². The molecule has 0 aliphatic heterocycles. The predicted octanol–water partition coefficient (Wildman–Crippen LogP) is -3.71. The number of aliphatic hydroxyl groups is 5. The average Bonchev–Trinajstić information content (AvgIpc) is 2.86. The highest BCUT2D eigenvalue weighted by molar-refractivity contribution is 6.43. The number of ketones is 1. The minimum Gasteiger partial charge on any atom is -0.464 e. The fraction of sp³-hybridized carbons (Fsp3) is 0.714. The lowest BCUT2D eigenvalue weighted by Crippen LogP contribution is -2.87. The van der Waals surface area contributed by atoms with E-state index in [4.69, 9.17) is 0 Å². The van der Waals surface area contributed by atoms with Crippen molar-refractivity contribution in [2.45, 2.75) is 57.0 Å². The molecule has 0 aromatic carbocycles. The molecule has 0 aliphatic carbocycles. The second-order valence-electron chi connectivity index (χ2n) is 7.08. The SMILES string of the molecule is CCOC(=O)C(=O)[C@@](O)(C(=O)OCC)[C@](O)(C(=O)OCC)[C@@](O)(C(=O)OCC)[C@](O)(CO)C(=O)OCC. The zero-order valence-electron chi connectivity index (χ0n) is 21.0. The van der Waals surface area contributed by atoms with E-state index in [9.17, 15) is 54.3 Å². The topological polar surface area (TPSA) is 250 Å². The second-order valence-corrected chi connectivity index (χ2v) is 7.08. The van der Waals surface area contributed by atoms with Gasteiger partial charge in [-0.25, -0.2) is 24.0 Å². The van der Waals surface area contributed by atoms with E-state index in [1.54, 1.807) is 0 Å². The molecule has 0 aromatic heterocycles. The summed E-state index contributed by atoms with van der Waals surface area (Å²) in [5.41, 5.74) is -18.3. The Morgan fingerprint density at radius 3 is 1.27 bits per heavy atom. The van der Waals surface area contributed by atoms with Crippen LogP contribution < -0.4 is 0 Å². The molecule has 16 heteroatoms. The van der Waals surface area contributed by atoms with Gasteiger partial charge in [-0.15, -0.1) is 0 Å². The van der Waals surface area contributed by atoms with Gasteiger partial charge in [0.05, 0.1) is 39.6 Å². The maximum absolute atomic E-state index is 13.1. The largest absolute Gasteiger partial charge is 0.464 e. The standard InChI is InChI=1S/C21H32O16/c1-6-33-13(24)12(23)19(30,15(26)35-8-3)21(32,17(28)37-10-5)20(31,16(27)36-9-4)18(29,11-22)14(25)34-7-2/h22,29-32H,6-11H2,1-5H3/t18-,19+,20+,21+/m0/s1. The van der Waals surface area contributed by atoms with Gasteiger partial charge >= 0.3 is 29.8 Å². The van der Waals surface area contributed by atoms with Crippen LogP contribution in [0.2, 0.25) is 0 Å². The summed E-state index contributed by atoms with van der Waals surface area (Å²) in [7, 11) is 0. The van der Waals surface area contributed by atoms with E-state index in [0.717, 1.165) is 20.8 Å². The first kappa shape index (κ1) is 33.8. The van der Waals surface area contributed by atoms with E-state index in [2.05, 4.69) is 23.7 Å². The van der Waals surface area contributed by atoms with E-state index in [0.29, 0.717) is 0 Å². The molecule has 0 aromatic rings. The molecular weight excluding hydrogens is 508 g/mol. The minimum atomic E-state index is -4.83. The van der Waals surface area contributed by atoms with Crippen LogP contribution in [-0.4, -0.2) is 123 Å². The van der Waals surface area contributed by atoms with Gasteiger partial charge in [-0.05, 0) is 34.6 Å². The number of ether oxygens (including phenoxy) is 5. The normalized spacial score (nSPS) is 17.5. The van der Waals surface area contributed by atoms with Crippen molar-refractivity contribution in [2.75, 3.05) is 39.6 Å². The first-order chi connectivity index (χ1) is 17.1. The van der Waals surface area contributed by atoms with E-state index in [1.165, 1.54) is 13.8 Å². The Labute approximate surface area is 211 Å². The summed E-state index contributed by atoms with van der Waals surface area (Å²) in [5.74, 6) is -13.7. The Hall–Kier alpha value is -3.18. The zero-order valence-corrected chi connectivity index (χ0v) is 21.0. The monoisotopic (exact) mass is 540 g/mol. The van der Waals surface area contributed by atoms with Crippen LogP contribution in [0.3, 0.4) is 0 Å². The molecule has 0 radical (unpaired) electrons. The van der Waals surface area contributed by atoms with Gasteiger partial charge in [0.25, 0.3) is 17.0 Å². The summed E-state index contributed by atoms with van der Waals surface area (Å²) in [6, 6.07) is 0. The van der Waals surface area contributed by atoms with Gasteiger partial charge in [0.2, 0.25) is 11.2 Å². The fourth-order valence-electron chi connectivity index (χ4n) is 3.21. The van der Waals surface area contributed by atoms with Crippen LogP contribution in [-0.2, 0) is 52.5 Å². The van der Waals surface area contributed by atoms with Crippen LogP contribution in [0.4, 0.5) is 0 Å². The van der Waals surface area contributed by atoms with Crippen molar-refractivity contribution < 1.29 is 78.0 Å². The molecule has 16 nitrogen and oxygen atoms in total. The first-order valence-electron chi connectivity index (χ1n) is 11.0. The lowest BCUT2D eigenvalue weighted by Gasteiger charge is -2.49.